The maximum absolute atomic E-state index is 13.3. The number of thiophene rings is 1. The third-order valence-electron chi connectivity index (χ3n) is 5.64. The average molecular weight is 494 g/mol. The number of methoxy groups -OCH3 is 1. The number of aryl methyl sites for hydroxylation is 2. The third-order valence-corrected chi connectivity index (χ3v) is 10.1. The molecule has 7 nitrogen and oxygen atoms in total. The Hall–Kier alpha value is -1.85. The highest BCUT2D eigenvalue weighted by atomic mass is 32.2. The second kappa shape index (κ2) is 9.56. The molecule has 1 atom stereocenters. The number of ether oxygens (including phenoxy) is 1. The minimum absolute atomic E-state index is 0.264. The van der Waals surface area contributed by atoms with Crippen molar-refractivity contribution in [2.45, 2.75) is 49.9 Å². The molecule has 10 heteroatoms. The lowest BCUT2D eigenvalue weighted by Gasteiger charge is -2.31. The summed E-state index contributed by atoms with van der Waals surface area (Å²) in [6, 6.07) is 6.72. The highest BCUT2D eigenvalue weighted by Gasteiger charge is 2.38. The van der Waals surface area contributed by atoms with Crippen LogP contribution >= 0.6 is 22.7 Å². The monoisotopic (exact) mass is 493 g/mol. The predicted molar refractivity (Wildman–Crippen MR) is 128 cm³/mol. The standard InChI is InChI=1S/C22H27N3O4S3/c1-15-13-16(2)20-18(14-15)24(10-11-29-3)22(31-20)23-21(26)17-7-4-5-9-25(17)32(27,28)19-8-6-12-30-19/h6,8,12-14,17H,4-5,7,9-11H2,1-3H3. The van der Waals surface area contributed by atoms with Crippen LogP contribution in [0.25, 0.3) is 10.2 Å². The van der Waals surface area contributed by atoms with E-state index in [0.29, 0.717) is 30.9 Å². The quantitative estimate of drug-likeness (QED) is 0.524. The topological polar surface area (TPSA) is 81.0 Å². The summed E-state index contributed by atoms with van der Waals surface area (Å²) in [6.07, 6.45) is 2.02. The Morgan fingerprint density at radius 1 is 1.28 bits per heavy atom. The van der Waals surface area contributed by atoms with E-state index in [-0.39, 0.29) is 4.21 Å². The van der Waals surface area contributed by atoms with Crippen LogP contribution in [-0.4, -0.2) is 49.5 Å². The lowest BCUT2D eigenvalue weighted by molar-refractivity contribution is -0.122. The van der Waals surface area contributed by atoms with Crippen LogP contribution in [0.5, 0.6) is 0 Å². The van der Waals surface area contributed by atoms with Crippen LogP contribution in [0.2, 0.25) is 0 Å². The van der Waals surface area contributed by atoms with Gasteiger partial charge in [0.15, 0.2) is 4.80 Å². The number of benzene rings is 1. The first-order valence-corrected chi connectivity index (χ1v) is 13.7. The first-order chi connectivity index (χ1) is 15.3. The summed E-state index contributed by atoms with van der Waals surface area (Å²) in [6.45, 7) is 5.48. The Labute approximate surface area is 196 Å². The number of thiazole rings is 1. The smallest absolute Gasteiger partial charge is 0.266 e. The summed E-state index contributed by atoms with van der Waals surface area (Å²) >= 11 is 2.63. The molecule has 3 heterocycles. The largest absolute Gasteiger partial charge is 0.383 e. The molecule has 3 aromatic rings. The van der Waals surface area contributed by atoms with Crippen LogP contribution in [0.1, 0.15) is 30.4 Å². The molecule has 1 saturated heterocycles. The number of hydrogen-bond donors (Lipinski definition) is 0. The van der Waals surface area contributed by atoms with Crippen LogP contribution in [0.15, 0.2) is 38.8 Å². The molecule has 0 spiro atoms. The van der Waals surface area contributed by atoms with Crippen molar-refractivity contribution >= 4 is 48.8 Å². The van der Waals surface area contributed by atoms with E-state index in [4.69, 9.17) is 4.74 Å². The molecular formula is C22H27N3O4S3. The Kier molecular flexibility index (Phi) is 6.97. The maximum atomic E-state index is 13.3. The second-order valence-electron chi connectivity index (χ2n) is 7.97. The molecule has 1 fully saturated rings. The molecule has 0 bridgehead atoms. The van der Waals surface area contributed by atoms with Crippen molar-refractivity contribution in [2.24, 2.45) is 4.99 Å². The number of nitrogens with zero attached hydrogens (tertiary/aromatic N) is 3. The summed E-state index contributed by atoms with van der Waals surface area (Å²) in [7, 11) is -2.08. The van der Waals surface area contributed by atoms with Crippen molar-refractivity contribution < 1.29 is 17.9 Å². The lowest BCUT2D eigenvalue weighted by Crippen LogP contribution is -2.47. The minimum Gasteiger partial charge on any atom is -0.383 e. The van der Waals surface area contributed by atoms with Gasteiger partial charge in [-0.2, -0.15) is 9.30 Å². The molecule has 32 heavy (non-hydrogen) atoms. The first kappa shape index (κ1) is 23.3. The zero-order chi connectivity index (χ0) is 22.9. The molecule has 1 aromatic carbocycles. The fraction of sp³-hybridized carbons (Fsp3) is 0.455. The van der Waals surface area contributed by atoms with Crippen LogP contribution in [-0.2, 0) is 26.1 Å². The number of amides is 1. The van der Waals surface area contributed by atoms with Crippen molar-refractivity contribution in [1.82, 2.24) is 8.87 Å². The van der Waals surface area contributed by atoms with E-state index in [1.165, 1.54) is 27.0 Å². The molecule has 0 radical (unpaired) electrons. The lowest BCUT2D eigenvalue weighted by atomic mass is 10.0. The molecule has 2 aromatic heterocycles. The van der Waals surface area contributed by atoms with E-state index in [9.17, 15) is 13.2 Å². The molecule has 1 amide bonds. The number of rotatable bonds is 6. The van der Waals surface area contributed by atoms with Crippen LogP contribution in [0, 0.1) is 13.8 Å². The van der Waals surface area contributed by atoms with Gasteiger partial charge in [0.05, 0.1) is 16.8 Å². The molecule has 0 N–H and O–H groups in total. The van der Waals surface area contributed by atoms with Gasteiger partial charge in [0.1, 0.15) is 10.3 Å². The van der Waals surface area contributed by atoms with Gasteiger partial charge in [-0.05, 0) is 55.3 Å². The highest BCUT2D eigenvalue weighted by Crippen LogP contribution is 2.29. The van der Waals surface area contributed by atoms with Crippen LogP contribution in [0.4, 0.5) is 0 Å². The molecule has 0 aliphatic carbocycles. The van der Waals surface area contributed by atoms with Gasteiger partial charge in [0, 0.05) is 20.2 Å². The number of sulfonamides is 1. The van der Waals surface area contributed by atoms with Crippen LogP contribution < -0.4 is 4.80 Å². The van der Waals surface area contributed by atoms with Crippen LogP contribution in [0.3, 0.4) is 0 Å². The van der Waals surface area contributed by atoms with Crippen molar-refractivity contribution in [3.8, 4) is 0 Å². The van der Waals surface area contributed by atoms with E-state index >= 15 is 0 Å². The average Bonchev–Trinajstić information content (AvgIpc) is 3.41. The molecule has 1 aliphatic heterocycles. The van der Waals surface area contributed by atoms with E-state index in [1.54, 1.807) is 24.6 Å². The minimum atomic E-state index is -3.72. The van der Waals surface area contributed by atoms with Gasteiger partial charge in [0.25, 0.3) is 15.9 Å². The maximum Gasteiger partial charge on any atom is 0.266 e. The van der Waals surface area contributed by atoms with Crippen molar-refractivity contribution in [3.63, 3.8) is 0 Å². The van der Waals surface area contributed by atoms with Gasteiger partial charge >= 0.3 is 0 Å². The van der Waals surface area contributed by atoms with Gasteiger partial charge in [-0.3, -0.25) is 4.79 Å². The molecule has 1 unspecified atom stereocenters. The summed E-state index contributed by atoms with van der Waals surface area (Å²) < 4.78 is 36.3. The van der Waals surface area contributed by atoms with Gasteiger partial charge in [-0.1, -0.05) is 29.9 Å². The normalized spacial score (nSPS) is 18.5. The number of fused-ring (bicyclic) bond motifs is 1. The SMILES string of the molecule is COCCn1c(=NC(=O)C2CCCCN2S(=O)(=O)c2cccs2)sc2c(C)cc(C)cc21. The third kappa shape index (κ3) is 4.47. The van der Waals surface area contributed by atoms with Gasteiger partial charge in [-0.25, -0.2) is 8.42 Å². The first-order valence-electron chi connectivity index (χ1n) is 10.6. The summed E-state index contributed by atoms with van der Waals surface area (Å²) in [5.41, 5.74) is 3.28. The zero-order valence-corrected chi connectivity index (χ0v) is 20.9. The van der Waals surface area contributed by atoms with Gasteiger partial charge < -0.3 is 9.30 Å². The summed E-state index contributed by atoms with van der Waals surface area (Å²) in [5, 5.41) is 1.73. The fourth-order valence-corrected chi connectivity index (χ4v) is 8.01. The Morgan fingerprint density at radius 3 is 2.81 bits per heavy atom. The summed E-state index contributed by atoms with van der Waals surface area (Å²) in [5.74, 6) is -0.406. The Morgan fingerprint density at radius 2 is 2.09 bits per heavy atom. The van der Waals surface area contributed by atoms with Crippen molar-refractivity contribution in [1.29, 1.82) is 0 Å². The van der Waals surface area contributed by atoms with E-state index < -0.39 is 22.0 Å². The van der Waals surface area contributed by atoms with E-state index in [0.717, 1.165) is 34.2 Å². The summed E-state index contributed by atoms with van der Waals surface area (Å²) in [4.78, 5) is 18.4. The Balaban J connectivity index is 1.77. The van der Waals surface area contributed by atoms with Gasteiger partial charge in [-0.15, -0.1) is 11.3 Å². The predicted octanol–water partition coefficient (Wildman–Crippen LogP) is 3.70. The molecule has 4 rings (SSSR count). The molecule has 1 aliphatic rings. The number of carbonyl (C=O) groups excluding carboxylic acids is 1. The van der Waals surface area contributed by atoms with Crippen molar-refractivity contribution in [3.05, 3.63) is 45.6 Å². The number of aromatic nitrogens is 1. The van der Waals surface area contributed by atoms with E-state index in [2.05, 4.69) is 24.0 Å². The van der Waals surface area contributed by atoms with E-state index in [1.807, 2.05) is 11.5 Å². The van der Waals surface area contributed by atoms with Crippen molar-refractivity contribution in [2.75, 3.05) is 20.3 Å². The number of piperidine rings is 1. The molecule has 0 saturated carbocycles. The second-order valence-corrected chi connectivity index (χ2v) is 12.0. The number of hydrogen-bond acceptors (Lipinski definition) is 6. The molecular weight excluding hydrogens is 466 g/mol. The zero-order valence-electron chi connectivity index (χ0n) is 18.4. The molecule has 172 valence electrons. The fourth-order valence-electron chi connectivity index (χ4n) is 4.13. The number of carbonyl (C=O) groups is 1. The Bertz CT molecular complexity index is 1290. The highest BCUT2D eigenvalue weighted by molar-refractivity contribution is 7.91. The van der Waals surface area contributed by atoms with Gasteiger partial charge in [0.2, 0.25) is 0 Å².